The zero-order valence-electron chi connectivity index (χ0n) is 48.0. The van der Waals surface area contributed by atoms with Crippen LogP contribution in [0.5, 0.6) is 0 Å². The molecule has 6 heterocycles. The summed E-state index contributed by atoms with van der Waals surface area (Å²) in [4.78, 5) is 54.4. The van der Waals surface area contributed by atoms with E-state index < -0.39 is 88.2 Å². The largest absolute Gasteiger partial charge is 0.478 e. The van der Waals surface area contributed by atoms with E-state index in [0.717, 1.165) is 110 Å². The van der Waals surface area contributed by atoms with Gasteiger partial charge in [-0.25, -0.2) is 31.1 Å². The Labute approximate surface area is 501 Å². The number of hydrogen-bond acceptors (Lipinski definition) is 9. The molecule has 2 aliphatic rings. The average Bonchev–Trinajstić information content (AvgIpc) is 1.65. The van der Waals surface area contributed by atoms with Crippen LogP contribution in [0.2, 0.25) is 0 Å². The number of alkyl halides is 12. The van der Waals surface area contributed by atoms with Crippen molar-refractivity contribution >= 4 is 51.1 Å². The zero-order chi connectivity index (χ0) is 64.9. The number of ether oxygens (including phenoxy) is 2. The third kappa shape index (κ3) is 16.1. The topological polar surface area (TPSA) is 193 Å². The number of anilines is 1. The number of hydrogen-bond donors (Lipinski definition) is 4. The third-order valence-electron chi connectivity index (χ3n) is 14.6. The highest BCUT2D eigenvalue weighted by molar-refractivity contribution is 5.99. The number of pyridine rings is 2. The summed E-state index contributed by atoms with van der Waals surface area (Å²) in [6, 6.07) is 27.2. The molecular weight excluding hydrogens is 1190 g/mol. The van der Waals surface area contributed by atoms with Crippen molar-refractivity contribution in [3.05, 3.63) is 172 Å². The van der Waals surface area contributed by atoms with Gasteiger partial charge in [0.05, 0.1) is 42.0 Å². The lowest BCUT2D eigenvalue weighted by Crippen LogP contribution is -2.38. The number of benzene rings is 4. The molecule has 0 saturated carbocycles. The van der Waals surface area contributed by atoms with Crippen LogP contribution >= 0.6 is 0 Å². The average molecular weight is 1250 g/mol. The maximum absolute atomic E-state index is 13.9. The van der Waals surface area contributed by atoms with Crippen LogP contribution in [0.25, 0.3) is 44.3 Å². The van der Waals surface area contributed by atoms with E-state index in [4.69, 9.17) is 20.3 Å². The number of carbonyl (C=O) groups is 4. The second kappa shape index (κ2) is 26.9. The SMILES string of the molecule is CC(C)(F)C(=O)NCc1cnc(C(F)F)c(C(=O)Cc2ccc3c(c2)cc(-c2ccc(C(F)(F)F)cc2)n3[C@H]2CCOC2)c1.CC(C)(F)C(=O)NCc1cnc(C(F)F)c(C(=O)O)c1.Nc1ccc2c(c1)cc(-c1ccc(C(F)(F)F)cc1)n2[C@H]1CCOC1. The van der Waals surface area contributed by atoms with E-state index in [1.54, 1.807) is 18.2 Å². The fraction of sp³-hybridized carbons (Fsp3) is 0.333. The van der Waals surface area contributed by atoms with Gasteiger partial charge in [0.2, 0.25) is 0 Å². The molecule has 0 aliphatic carbocycles. The molecule has 10 rings (SSSR count). The van der Waals surface area contributed by atoms with E-state index in [1.165, 1.54) is 30.3 Å². The maximum Gasteiger partial charge on any atom is 0.416 e. The summed E-state index contributed by atoms with van der Waals surface area (Å²) in [6.07, 6.45) is -11.4. The zero-order valence-corrected chi connectivity index (χ0v) is 48.0. The smallest absolute Gasteiger partial charge is 0.416 e. The van der Waals surface area contributed by atoms with Crippen LogP contribution in [0.1, 0.15) is 125 Å². The first-order valence-electron chi connectivity index (χ1n) is 27.6. The van der Waals surface area contributed by atoms with Crippen LogP contribution < -0.4 is 16.4 Å². The van der Waals surface area contributed by atoms with Crippen molar-refractivity contribution in [2.24, 2.45) is 0 Å². The fourth-order valence-electron chi connectivity index (χ4n) is 10.0. The Kier molecular flexibility index (Phi) is 20.0. The van der Waals surface area contributed by atoms with E-state index in [2.05, 4.69) is 25.2 Å². The Morgan fingerprint density at radius 2 is 0.989 bits per heavy atom. The molecule has 4 aromatic heterocycles. The van der Waals surface area contributed by atoms with E-state index in [1.807, 2.05) is 34.9 Å². The van der Waals surface area contributed by atoms with Crippen molar-refractivity contribution in [2.45, 2.75) is 109 Å². The minimum atomic E-state index is -4.47. The highest BCUT2D eigenvalue weighted by atomic mass is 19.4. The summed E-state index contributed by atoms with van der Waals surface area (Å²) in [6.45, 7) is 6.12. The van der Waals surface area contributed by atoms with Gasteiger partial charge in [0, 0.05) is 89.6 Å². The summed E-state index contributed by atoms with van der Waals surface area (Å²) >= 11 is 0. The first kappa shape index (κ1) is 66.2. The van der Waals surface area contributed by atoms with E-state index >= 15 is 0 Å². The van der Waals surface area contributed by atoms with Crippen LogP contribution in [-0.4, -0.2) is 85.5 Å². The van der Waals surface area contributed by atoms with Gasteiger partial charge < -0.3 is 40.1 Å². The van der Waals surface area contributed by atoms with Crippen LogP contribution in [0.4, 0.5) is 58.4 Å². The van der Waals surface area contributed by atoms with Crippen molar-refractivity contribution in [3.8, 4) is 22.5 Å². The van der Waals surface area contributed by atoms with Crippen LogP contribution in [0, 0.1) is 0 Å². The number of aromatic carboxylic acids is 1. The molecule has 26 heteroatoms. The van der Waals surface area contributed by atoms with Crippen LogP contribution in [-0.2, 0) is 50.9 Å². The Hall–Kier alpha value is -8.78. The number of carbonyl (C=O) groups excluding carboxylic acids is 3. The minimum absolute atomic E-state index is 0.0526. The number of carboxylic acid groups (broad SMARTS) is 1. The molecule has 14 nitrogen and oxygen atoms in total. The number of nitrogens with zero attached hydrogens (tertiary/aromatic N) is 4. The number of nitrogens with two attached hydrogens (primary N) is 1. The van der Waals surface area contributed by atoms with Crippen molar-refractivity contribution in [3.63, 3.8) is 0 Å². The molecule has 4 aromatic carbocycles. The predicted molar refractivity (Wildman–Crippen MR) is 306 cm³/mol. The van der Waals surface area contributed by atoms with Gasteiger partial charge >= 0.3 is 18.3 Å². The Morgan fingerprint density at radius 3 is 1.38 bits per heavy atom. The lowest BCUT2D eigenvalue weighted by atomic mass is 9.99. The summed E-state index contributed by atoms with van der Waals surface area (Å²) in [5.74, 6) is -3.97. The Balaban J connectivity index is 0.000000191. The lowest BCUT2D eigenvalue weighted by Gasteiger charge is -2.17. The maximum atomic E-state index is 13.9. The molecule has 472 valence electrons. The number of halogens is 12. The molecule has 89 heavy (non-hydrogen) atoms. The number of nitrogen functional groups attached to an aromatic ring is 1. The quantitative estimate of drug-likeness (QED) is 0.0411. The number of amides is 2. The molecule has 2 aliphatic heterocycles. The number of nitrogens with one attached hydrogen (secondary N) is 2. The molecule has 5 N–H and O–H groups in total. The van der Waals surface area contributed by atoms with Gasteiger partial charge in [-0.3, -0.25) is 24.4 Å². The summed E-state index contributed by atoms with van der Waals surface area (Å²) < 4.78 is 173. The normalized spacial score (nSPS) is 15.4. The molecule has 0 spiro atoms. The summed E-state index contributed by atoms with van der Waals surface area (Å²) in [5, 5.41) is 15.1. The van der Waals surface area contributed by atoms with Crippen molar-refractivity contribution in [1.29, 1.82) is 0 Å². The van der Waals surface area contributed by atoms with Gasteiger partial charge in [0.1, 0.15) is 11.4 Å². The first-order chi connectivity index (χ1) is 41.8. The second-order valence-corrected chi connectivity index (χ2v) is 22.1. The number of fused-ring (bicyclic) bond motifs is 2. The third-order valence-corrected chi connectivity index (χ3v) is 14.6. The molecule has 8 aromatic rings. The number of rotatable bonds is 16. The number of carboxylic acids is 1. The molecule has 0 bridgehead atoms. The molecular formula is C63H59F12N7O7. The molecule has 2 fully saturated rings. The van der Waals surface area contributed by atoms with Crippen molar-refractivity contribution in [1.82, 2.24) is 29.7 Å². The second-order valence-electron chi connectivity index (χ2n) is 22.1. The molecule has 2 atom stereocenters. The Bertz CT molecular complexity index is 3860. The van der Waals surface area contributed by atoms with Crippen molar-refractivity contribution in [2.75, 3.05) is 32.2 Å². The Morgan fingerprint density at radius 1 is 0.573 bits per heavy atom. The predicted octanol–water partition coefficient (Wildman–Crippen LogP) is 14.4. The van der Waals surface area contributed by atoms with Crippen molar-refractivity contribution < 1.29 is 86.4 Å². The molecule has 2 amide bonds. The van der Waals surface area contributed by atoms with Gasteiger partial charge in [-0.1, -0.05) is 30.3 Å². The van der Waals surface area contributed by atoms with E-state index in [9.17, 15) is 71.9 Å². The monoisotopic (exact) mass is 1250 g/mol. The highest BCUT2D eigenvalue weighted by Gasteiger charge is 2.33. The first-order valence-corrected chi connectivity index (χ1v) is 27.6. The van der Waals surface area contributed by atoms with Gasteiger partial charge in [-0.2, -0.15) is 26.3 Å². The highest BCUT2D eigenvalue weighted by Crippen LogP contribution is 2.40. The molecule has 0 unspecified atom stereocenters. The van der Waals surface area contributed by atoms with Gasteiger partial charge in [-0.15, -0.1) is 0 Å². The number of aromatic nitrogens is 4. The van der Waals surface area contributed by atoms with Crippen LogP contribution in [0.15, 0.2) is 122 Å². The van der Waals surface area contributed by atoms with E-state index in [0.29, 0.717) is 55.4 Å². The molecule has 2 saturated heterocycles. The minimum Gasteiger partial charge on any atom is -0.478 e. The number of ketones is 1. The summed E-state index contributed by atoms with van der Waals surface area (Å²) in [5.41, 5.74) is 4.04. The van der Waals surface area contributed by atoms with E-state index in [-0.39, 0.29) is 48.3 Å². The standard InChI is InChI=1S/C32H29F6N3O3.C19H17F3N2O.C12H13F3N2O3/c1-31(2,35)30(43)40-16-19-12-24(28(29(33)34)39-15-19)27(42)13-18-3-8-25-21(11-18)14-26(41(25)23-9-10-44-17-23)20-4-6-22(7-5-20)32(36,37)38;20-19(21,22)14-3-1-12(2-4-14)18-10-13-9-15(23)5-6-17(13)24(18)16-7-8-25-11-16;1-12(2,15)11(20)17-5-6-3-7(10(18)19)8(9(13)14)16-4-6/h3-8,11-12,14-15,23,29H,9-10,13,16-17H2,1-2H3,(H,40,43);1-6,9-10,16H,7-8,11,23H2;3-4,9H,5H2,1-2H3,(H,17,20)(H,18,19)/t23-;16-;/m00./s1. The fourth-order valence-corrected chi connectivity index (χ4v) is 10.0. The lowest BCUT2D eigenvalue weighted by molar-refractivity contribution is -0.138. The summed E-state index contributed by atoms with van der Waals surface area (Å²) in [7, 11) is 0. The van der Waals surface area contributed by atoms with Gasteiger partial charge in [0.15, 0.2) is 17.1 Å². The number of Topliss-reactive ketones (excluding diaryl/α,β-unsaturated/α-hetero) is 1. The van der Waals surface area contributed by atoms with Gasteiger partial charge in [-0.05, 0) is 147 Å². The van der Waals surface area contributed by atoms with Gasteiger partial charge in [0.25, 0.3) is 24.7 Å². The molecule has 0 radical (unpaired) electrons. The van der Waals surface area contributed by atoms with Crippen LogP contribution in [0.3, 0.4) is 0 Å².